The number of carbonyl (C=O) groups excluding carboxylic acids is 1. The average Bonchev–Trinajstić information content (AvgIpc) is 2.62. The van der Waals surface area contributed by atoms with E-state index < -0.39 is 17.7 Å². The van der Waals surface area contributed by atoms with Crippen molar-refractivity contribution in [3.8, 4) is 0 Å². The second kappa shape index (κ2) is 11.4. The molecule has 1 aromatic rings. The van der Waals surface area contributed by atoms with Crippen LogP contribution in [-0.4, -0.2) is 17.7 Å². The van der Waals surface area contributed by atoms with Gasteiger partial charge in [0.25, 0.3) is 0 Å². The Labute approximate surface area is 157 Å². The van der Waals surface area contributed by atoms with Crippen LogP contribution in [0.1, 0.15) is 84.2 Å². The molecule has 0 amide bonds. The summed E-state index contributed by atoms with van der Waals surface area (Å²) in [6.07, 6.45) is 5.82. The molecular weight excluding hydrogens is 332 g/mol. The Bertz CT molecular complexity index is 516. The van der Waals surface area contributed by atoms with E-state index in [0.29, 0.717) is 6.42 Å². The van der Waals surface area contributed by atoms with Crippen LogP contribution in [0.3, 0.4) is 0 Å². The topological polar surface area (TPSA) is 29.1 Å². The van der Waals surface area contributed by atoms with Crippen LogP contribution >= 0.6 is 0 Å². The molecule has 0 radical (unpaired) electrons. The molecule has 0 heterocycles. The SMILES string of the molecule is CCCCCCCCC(=O)C(F)(F)C(N[C@H](C)c1ccccc1)C(C)C. The van der Waals surface area contributed by atoms with E-state index >= 15 is 0 Å². The predicted octanol–water partition coefficient (Wildman–Crippen LogP) is 6.32. The third-order valence-corrected chi connectivity index (χ3v) is 4.92. The predicted molar refractivity (Wildman–Crippen MR) is 105 cm³/mol. The number of halogens is 2. The van der Waals surface area contributed by atoms with Crippen molar-refractivity contribution in [3.63, 3.8) is 0 Å². The van der Waals surface area contributed by atoms with Crippen LogP contribution in [-0.2, 0) is 4.79 Å². The lowest BCUT2D eigenvalue weighted by Gasteiger charge is -2.32. The minimum atomic E-state index is -3.35. The molecule has 26 heavy (non-hydrogen) atoms. The highest BCUT2D eigenvalue weighted by Gasteiger charge is 2.47. The minimum Gasteiger partial charge on any atom is -0.301 e. The number of carbonyl (C=O) groups is 1. The van der Waals surface area contributed by atoms with E-state index in [4.69, 9.17) is 0 Å². The molecule has 1 rings (SSSR count). The zero-order valence-corrected chi connectivity index (χ0v) is 16.7. The number of benzene rings is 1. The minimum absolute atomic E-state index is 0.0380. The van der Waals surface area contributed by atoms with Crippen LogP contribution in [0.5, 0.6) is 0 Å². The third-order valence-electron chi connectivity index (χ3n) is 4.92. The summed E-state index contributed by atoms with van der Waals surface area (Å²) >= 11 is 0. The summed E-state index contributed by atoms with van der Waals surface area (Å²) in [5, 5.41) is 3.00. The van der Waals surface area contributed by atoms with Crippen LogP contribution in [0, 0.1) is 5.92 Å². The molecule has 0 bridgehead atoms. The summed E-state index contributed by atoms with van der Waals surface area (Å²) in [4.78, 5) is 12.2. The first-order valence-electron chi connectivity index (χ1n) is 10.0. The van der Waals surface area contributed by atoms with Gasteiger partial charge in [0.2, 0.25) is 5.78 Å². The fraction of sp³-hybridized carbons (Fsp3) is 0.682. The molecule has 1 unspecified atom stereocenters. The van der Waals surface area contributed by atoms with Gasteiger partial charge in [0, 0.05) is 12.5 Å². The molecule has 0 aliphatic carbocycles. The molecule has 2 nitrogen and oxygen atoms in total. The van der Waals surface area contributed by atoms with Gasteiger partial charge in [0.15, 0.2) is 0 Å². The number of nitrogens with one attached hydrogen (secondary N) is 1. The number of ketones is 1. The highest BCUT2D eigenvalue weighted by atomic mass is 19.3. The fourth-order valence-corrected chi connectivity index (χ4v) is 3.23. The Hall–Kier alpha value is -1.29. The molecule has 0 fully saturated rings. The van der Waals surface area contributed by atoms with Gasteiger partial charge in [-0.25, -0.2) is 0 Å². The van der Waals surface area contributed by atoms with Gasteiger partial charge in [-0.1, -0.05) is 83.2 Å². The molecule has 0 aliphatic rings. The van der Waals surface area contributed by atoms with Crippen molar-refractivity contribution in [2.45, 2.75) is 90.6 Å². The van der Waals surface area contributed by atoms with Crippen LogP contribution < -0.4 is 5.32 Å². The summed E-state index contributed by atoms with van der Waals surface area (Å²) < 4.78 is 29.7. The first-order valence-corrected chi connectivity index (χ1v) is 10.0. The highest BCUT2D eigenvalue weighted by molar-refractivity contribution is 5.86. The quantitative estimate of drug-likeness (QED) is 0.414. The molecule has 0 spiro atoms. The van der Waals surface area contributed by atoms with Gasteiger partial charge >= 0.3 is 5.92 Å². The van der Waals surface area contributed by atoms with Crippen molar-refractivity contribution >= 4 is 5.78 Å². The standard InChI is InChI=1S/C22H35F2NO/c1-5-6-7-8-9-13-16-20(26)22(23,24)21(17(2)3)25-18(4)19-14-11-10-12-15-19/h10-12,14-15,17-18,21,25H,5-9,13,16H2,1-4H3/t18-,21?/m1/s1. The largest absolute Gasteiger partial charge is 0.320 e. The molecular formula is C22H35F2NO. The average molecular weight is 368 g/mol. The van der Waals surface area contributed by atoms with Crippen LogP contribution in [0.15, 0.2) is 30.3 Å². The van der Waals surface area contributed by atoms with E-state index in [1.807, 2.05) is 37.3 Å². The maximum absolute atomic E-state index is 14.8. The lowest BCUT2D eigenvalue weighted by Crippen LogP contribution is -2.53. The maximum atomic E-state index is 14.8. The monoisotopic (exact) mass is 367 g/mol. The van der Waals surface area contributed by atoms with Crippen molar-refractivity contribution < 1.29 is 13.6 Å². The fourth-order valence-electron chi connectivity index (χ4n) is 3.23. The van der Waals surface area contributed by atoms with E-state index in [2.05, 4.69) is 12.2 Å². The summed E-state index contributed by atoms with van der Waals surface area (Å²) in [6.45, 7) is 7.47. The molecule has 0 saturated heterocycles. The Morgan fingerprint density at radius 3 is 2.15 bits per heavy atom. The Morgan fingerprint density at radius 1 is 1.00 bits per heavy atom. The zero-order valence-electron chi connectivity index (χ0n) is 16.7. The number of rotatable bonds is 13. The normalized spacial score (nSPS) is 14.4. The molecule has 1 aromatic carbocycles. The van der Waals surface area contributed by atoms with Gasteiger partial charge in [0.1, 0.15) is 0 Å². The highest BCUT2D eigenvalue weighted by Crippen LogP contribution is 2.30. The van der Waals surface area contributed by atoms with Gasteiger partial charge in [-0.15, -0.1) is 0 Å². The van der Waals surface area contributed by atoms with Crippen molar-refractivity contribution in [2.75, 3.05) is 0 Å². The molecule has 0 aromatic heterocycles. The van der Waals surface area contributed by atoms with Gasteiger partial charge < -0.3 is 5.32 Å². The molecule has 0 aliphatic heterocycles. The van der Waals surface area contributed by atoms with Gasteiger partial charge in [0.05, 0.1) is 6.04 Å². The first kappa shape index (κ1) is 22.8. The summed E-state index contributed by atoms with van der Waals surface area (Å²) in [6, 6.07) is 8.09. The smallest absolute Gasteiger partial charge is 0.301 e. The van der Waals surface area contributed by atoms with E-state index in [0.717, 1.165) is 31.2 Å². The number of unbranched alkanes of at least 4 members (excludes halogenated alkanes) is 5. The van der Waals surface area contributed by atoms with Crippen molar-refractivity contribution in [1.29, 1.82) is 0 Å². The van der Waals surface area contributed by atoms with E-state index in [1.54, 1.807) is 13.8 Å². The number of Topliss-reactive ketones (excluding diaryl/α,β-unsaturated/α-hetero) is 1. The molecule has 4 heteroatoms. The Balaban J connectivity index is 2.63. The Morgan fingerprint density at radius 2 is 1.58 bits per heavy atom. The second-order valence-corrected chi connectivity index (χ2v) is 7.58. The first-order chi connectivity index (χ1) is 12.3. The summed E-state index contributed by atoms with van der Waals surface area (Å²) in [5.41, 5.74) is 0.942. The molecule has 1 N–H and O–H groups in total. The van der Waals surface area contributed by atoms with Gasteiger partial charge in [-0.2, -0.15) is 8.78 Å². The van der Waals surface area contributed by atoms with Crippen LogP contribution in [0.4, 0.5) is 8.78 Å². The van der Waals surface area contributed by atoms with E-state index in [1.165, 1.54) is 6.42 Å². The van der Waals surface area contributed by atoms with Crippen LogP contribution in [0.25, 0.3) is 0 Å². The summed E-state index contributed by atoms with van der Waals surface area (Å²) in [5.74, 6) is -4.62. The van der Waals surface area contributed by atoms with Crippen molar-refractivity contribution in [1.82, 2.24) is 5.32 Å². The van der Waals surface area contributed by atoms with Crippen molar-refractivity contribution in [3.05, 3.63) is 35.9 Å². The molecule has 0 saturated carbocycles. The zero-order chi connectivity index (χ0) is 19.6. The van der Waals surface area contributed by atoms with Crippen LogP contribution in [0.2, 0.25) is 0 Å². The third kappa shape index (κ3) is 7.14. The van der Waals surface area contributed by atoms with E-state index in [9.17, 15) is 13.6 Å². The lowest BCUT2D eigenvalue weighted by molar-refractivity contribution is -0.150. The molecule has 148 valence electrons. The van der Waals surface area contributed by atoms with Gasteiger partial charge in [-0.05, 0) is 24.8 Å². The second-order valence-electron chi connectivity index (χ2n) is 7.58. The number of hydrogen-bond acceptors (Lipinski definition) is 2. The lowest BCUT2D eigenvalue weighted by atomic mass is 9.91. The van der Waals surface area contributed by atoms with Crippen molar-refractivity contribution in [2.24, 2.45) is 5.92 Å². The summed E-state index contributed by atoms with van der Waals surface area (Å²) in [7, 11) is 0. The maximum Gasteiger partial charge on any atom is 0.320 e. The number of hydrogen-bond donors (Lipinski definition) is 1. The Kier molecular flexibility index (Phi) is 10.0. The number of alkyl halides is 2. The van der Waals surface area contributed by atoms with E-state index in [-0.39, 0.29) is 18.4 Å². The van der Waals surface area contributed by atoms with Gasteiger partial charge in [-0.3, -0.25) is 4.79 Å². The molecule has 2 atom stereocenters.